The standard InChI is InChI=1S/C25H22N2O4/c28-20-14-27(15-20)24(19-11-12-21-22(13-19)31-16-30-21)25(29)26-23(17-7-3-1-4-8-17)18-9-5-2-6-10-18/h1-13,23-24H,14-16H2,(H,26,29)/t24-/m0/s1. The van der Waals surface area contributed by atoms with Gasteiger partial charge in [0, 0.05) is 0 Å². The van der Waals surface area contributed by atoms with Crippen molar-refractivity contribution in [1.29, 1.82) is 0 Å². The van der Waals surface area contributed by atoms with Gasteiger partial charge >= 0.3 is 0 Å². The zero-order valence-corrected chi connectivity index (χ0v) is 16.9. The lowest BCUT2D eigenvalue weighted by Gasteiger charge is -2.37. The van der Waals surface area contributed by atoms with E-state index in [1.807, 2.05) is 83.8 Å². The van der Waals surface area contributed by atoms with Gasteiger partial charge in [0.05, 0.1) is 19.1 Å². The van der Waals surface area contributed by atoms with E-state index >= 15 is 0 Å². The molecule has 1 N–H and O–H groups in total. The highest BCUT2D eigenvalue weighted by Gasteiger charge is 2.37. The van der Waals surface area contributed by atoms with Crippen LogP contribution in [-0.2, 0) is 9.59 Å². The number of Topliss-reactive ketones (excluding diaryl/α,β-unsaturated/α-hetero) is 1. The molecule has 2 heterocycles. The Morgan fingerprint density at radius 1 is 0.806 bits per heavy atom. The maximum Gasteiger partial charge on any atom is 0.242 e. The normalized spacial score (nSPS) is 16.1. The van der Waals surface area contributed by atoms with Crippen LogP contribution in [0.5, 0.6) is 11.5 Å². The van der Waals surface area contributed by atoms with Crippen molar-refractivity contribution in [3.05, 3.63) is 95.6 Å². The van der Waals surface area contributed by atoms with Crippen LogP contribution in [0, 0.1) is 0 Å². The molecule has 2 aliphatic heterocycles. The predicted molar refractivity (Wildman–Crippen MR) is 115 cm³/mol. The molecule has 0 aliphatic carbocycles. The minimum Gasteiger partial charge on any atom is -0.454 e. The van der Waals surface area contributed by atoms with E-state index in [-0.39, 0.29) is 37.6 Å². The number of ether oxygens (including phenoxy) is 2. The number of fused-ring (bicyclic) bond motifs is 1. The van der Waals surface area contributed by atoms with Gasteiger partial charge in [0.2, 0.25) is 12.7 Å². The minimum absolute atomic E-state index is 0.126. The molecule has 0 spiro atoms. The molecule has 0 aromatic heterocycles. The lowest BCUT2D eigenvalue weighted by Crippen LogP contribution is -2.53. The maximum atomic E-state index is 13.6. The Labute approximate surface area is 180 Å². The van der Waals surface area contributed by atoms with E-state index in [0.29, 0.717) is 11.5 Å². The van der Waals surface area contributed by atoms with Gasteiger partial charge in [-0.15, -0.1) is 0 Å². The first-order valence-corrected chi connectivity index (χ1v) is 10.2. The highest BCUT2D eigenvalue weighted by Crippen LogP contribution is 2.36. The molecular formula is C25H22N2O4. The summed E-state index contributed by atoms with van der Waals surface area (Å²) in [6.45, 7) is 0.684. The summed E-state index contributed by atoms with van der Waals surface area (Å²) in [5.41, 5.74) is 2.76. The van der Waals surface area contributed by atoms with Crippen LogP contribution < -0.4 is 14.8 Å². The highest BCUT2D eigenvalue weighted by molar-refractivity contribution is 5.92. The third kappa shape index (κ3) is 3.90. The van der Waals surface area contributed by atoms with E-state index in [2.05, 4.69) is 5.32 Å². The number of carbonyl (C=O) groups is 2. The second-order valence-electron chi connectivity index (χ2n) is 7.72. The summed E-state index contributed by atoms with van der Waals surface area (Å²) in [7, 11) is 0. The number of benzene rings is 3. The number of hydrogen-bond donors (Lipinski definition) is 1. The summed E-state index contributed by atoms with van der Waals surface area (Å²) in [5.74, 6) is 1.24. The fourth-order valence-corrected chi connectivity index (χ4v) is 4.07. The summed E-state index contributed by atoms with van der Waals surface area (Å²) in [6.07, 6.45) is 0. The molecule has 31 heavy (non-hydrogen) atoms. The Morgan fingerprint density at radius 3 is 2.03 bits per heavy atom. The Morgan fingerprint density at radius 2 is 1.42 bits per heavy atom. The highest BCUT2D eigenvalue weighted by atomic mass is 16.7. The van der Waals surface area contributed by atoms with Crippen molar-refractivity contribution >= 4 is 11.7 Å². The molecule has 0 bridgehead atoms. The third-order valence-corrected chi connectivity index (χ3v) is 5.64. The van der Waals surface area contributed by atoms with Crippen LogP contribution in [0.4, 0.5) is 0 Å². The number of nitrogens with zero attached hydrogens (tertiary/aromatic N) is 1. The van der Waals surface area contributed by atoms with Crippen LogP contribution in [0.2, 0.25) is 0 Å². The van der Waals surface area contributed by atoms with E-state index in [1.54, 1.807) is 0 Å². The number of likely N-dealkylation sites (tertiary alicyclic amines) is 1. The van der Waals surface area contributed by atoms with Gasteiger partial charge in [-0.2, -0.15) is 0 Å². The van der Waals surface area contributed by atoms with Crippen LogP contribution in [0.25, 0.3) is 0 Å². The molecule has 1 fully saturated rings. The quantitative estimate of drug-likeness (QED) is 0.671. The first kappa shape index (κ1) is 19.3. The van der Waals surface area contributed by atoms with Gasteiger partial charge in [-0.05, 0) is 28.8 Å². The average Bonchev–Trinajstić information content (AvgIpc) is 3.26. The summed E-state index contributed by atoms with van der Waals surface area (Å²) in [4.78, 5) is 27.2. The van der Waals surface area contributed by atoms with Gasteiger partial charge in [-0.3, -0.25) is 14.5 Å². The monoisotopic (exact) mass is 414 g/mol. The lowest BCUT2D eigenvalue weighted by molar-refractivity contribution is -0.137. The summed E-state index contributed by atoms with van der Waals surface area (Å²) in [5, 5.41) is 3.22. The van der Waals surface area contributed by atoms with E-state index in [4.69, 9.17) is 9.47 Å². The van der Waals surface area contributed by atoms with E-state index in [1.165, 1.54) is 0 Å². The topological polar surface area (TPSA) is 67.9 Å². The molecule has 6 nitrogen and oxygen atoms in total. The first-order chi connectivity index (χ1) is 15.2. The van der Waals surface area contributed by atoms with Crippen LogP contribution in [-0.4, -0.2) is 36.5 Å². The second kappa shape index (κ2) is 8.24. The van der Waals surface area contributed by atoms with Crippen molar-refractivity contribution in [2.75, 3.05) is 19.9 Å². The van der Waals surface area contributed by atoms with Gasteiger partial charge in [0.1, 0.15) is 6.04 Å². The van der Waals surface area contributed by atoms with E-state index in [9.17, 15) is 9.59 Å². The third-order valence-electron chi connectivity index (χ3n) is 5.64. The number of rotatable bonds is 6. The fourth-order valence-electron chi connectivity index (χ4n) is 4.07. The van der Waals surface area contributed by atoms with Crippen molar-refractivity contribution in [3.63, 3.8) is 0 Å². The Balaban J connectivity index is 1.47. The summed E-state index contributed by atoms with van der Waals surface area (Å²) >= 11 is 0. The van der Waals surface area contributed by atoms with Crippen molar-refractivity contribution in [2.24, 2.45) is 0 Å². The molecule has 3 aromatic rings. The largest absolute Gasteiger partial charge is 0.454 e. The number of ketones is 1. The molecule has 1 amide bonds. The molecule has 0 saturated carbocycles. The number of nitrogens with one attached hydrogen (secondary N) is 1. The van der Waals surface area contributed by atoms with Crippen LogP contribution in [0.1, 0.15) is 28.8 Å². The number of amides is 1. The van der Waals surface area contributed by atoms with Gasteiger partial charge in [0.15, 0.2) is 17.3 Å². The molecule has 1 saturated heterocycles. The first-order valence-electron chi connectivity index (χ1n) is 10.2. The molecular weight excluding hydrogens is 392 g/mol. The zero-order valence-electron chi connectivity index (χ0n) is 16.9. The van der Waals surface area contributed by atoms with Crippen molar-refractivity contribution in [3.8, 4) is 11.5 Å². The summed E-state index contributed by atoms with van der Waals surface area (Å²) < 4.78 is 10.9. The Bertz CT molecular complexity index is 1050. The minimum atomic E-state index is -0.595. The van der Waals surface area contributed by atoms with Crippen LogP contribution in [0.15, 0.2) is 78.9 Å². The fraction of sp³-hybridized carbons (Fsp3) is 0.200. The molecule has 1 atom stereocenters. The van der Waals surface area contributed by atoms with Gasteiger partial charge in [0.25, 0.3) is 0 Å². The maximum absolute atomic E-state index is 13.6. The lowest BCUT2D eigenvalue weighted by atomic mass is 9.96. The smallest absolute Gasteiger partial charge is 0.242 e. The van der Waals surface area contributed by atoms with Crippen LogP contribution >= 0.6 is 0 Å². The molecule has 6 heteroatoms. The molecule has 156 valence electrons. The number of carbonyl (C=O) groups excluding carboxylic acids is 2. The van der Waals surface area contributed by atoms with Crippen LogP contribution in [0.3, 0.4) is 0 Å². The van der Waals surface area contributed by atoms with Crippen molar-refractivity contribution in [2.45, 2.75) is 12.1 Å². The molecule has 0 unspecified atom stereocenters. The number of hydrogen-bond acceptors (Lipinski definition) is 5. The molecule has 0 radical (unpaired) electrons. The van der Waals surface area contributed by atoms with Gasteiger partial charge < -0.3 is 14.8 Å². The van der Waals surface area contributed by atoms with Gasteiger partial charge in [-0.1, -0.05) is 66.7 Å². The average molecular weight is 414 g/mol. The predicted octanol–water partition coefficient (Wildman–Crippen LogP) is 3.25. The molecule has 5 rings (SSSR count). The van der Waals surface area contributed by atoms with E-state index in [0.717, 1.165) is 16.7 Å². The summed E-state index contributed by atoms with van der Waals surface area (Å²) in [6, 6.07) is 24.3. The van der Waals surface area contributed by atoms with Gasteiger partial charge in [-0.25, -0.2) is 0 Å². The Hall–Kier alpha value is -3.64. The Kier molecular flexibility index (Phi) is 5.14. The van der Waals surface area contributed by atoms with Crippen molar-refractivity contribution in [1.82, 2.24) is 10.2 Å². The van der Waals surface area contributed by atoms with Crippen molar-refractivity contribution < 1.29 is 19.1 Å². The van der Waals surface area contributed by atoms with E-state index < -0.39 is 6.04 Å². The SMILES string of the molecule is O=C1CN([C@H](C(=O)NC(c2ccccc2)c2ccccc2)c2ccc3c(c2)OCO3)C1. The molecule has 3 aromatic carbocycles. The molecule has 2 aliphatic rings. The second-order valence-corrected chi connectivity index (χ2v) is 7.72. The zero-order chi connectivity index (χ0) is 21.2.